The van der Waals surface area contributed by atoms with Crippen molar-refractivity contribution in [2.24, 2.45) is 0 Å². The largest absolute Gasteiger partial charge is 0.489 e. The van der Waals surface area contributed by atoms with Gasteiger partial charge in [0.05, 0.1) is 0 Å². The van der Waals surface area contributed by atoms with Crippen molar-refractivity contribution in [3.05, 3.63) is 89.5 Å². The molecule has 3 aromatic carbocycles. The Hall–Kier alpha value is -2.58. The van der Waals surface area contributed by atoms with Crippen molar-refractivity contribution >= 4 is 0 Å². The summed E-state index contributed by atoms with van der Waals surface area (Å²) in [5.41, 5.74) is 6.88. The predicted molar refractivity (Wildman–Crippen MR) is 119 cm³/mol. The summed E-state index contributed by atoms with van der Waals surface area (Å²) in [4.78, 5) is 2.71. The van der Waals surface area contributed by atoms with Crippen LogP contribution in [0, 0.1) is 0 Å². The van der Waals surface area contributed by atoms with Gasteiger partial charge in [-0.25, -0.2) is 0 Å². The highest BCUT2D eigenvalue weighted by atomic mass is 16.5. The molecule has 0 saturated carbocycles. The Labute approximate surface area is 174 Å². The summed E-state index contributed by atoms with van der Waals surface area (Å²) in [5, 5.41) is 0. The van der Waals surface area contributed by atoms with E-state index in [1.165, 1.54) is 61.9 Å². The first-order chi connectivity index (χ1) is 14.3. The second-order valence-corrected chi connectivity index (χ2v) is 8.42. The summed E-state index contributed by atoms with van der Waals surface area (Å²) < 4.78 is 5.93. The van der Waals surface area contributed by atoms with Gasteiger partial charge in [-0.15, -0.1) is 0 Å². The molecule has 2 heteroatoms. The van der Waals surface area contributed by atoms with E-state index in [4.69, 9.17) is 4.74 Å². The molecule has 0 N–H and O–H groups in total. The highest BCUT2D eigenvalue weighted by molar-refractivity contribution is 5.66. The molecular weight excluding hydrogens is 354 g/mol. The number of nitrogens with zero attached hydrogens (tertiary/aromatic N) is 1. The van der Waals surface area contributed by atoms with Gasteiger partial charge in [-0.1, -0.05) is 60.7 Å². The van der Waals surface area contributed by atoms with Crippen LogP contribution >= 0.6 is 0 Å². The van der Waals surface area contributed by atoms with E-state index in [9.17, 15) is 0 Å². The number of aryl methyl sites for hydroxylation is 1. The quantitative estimate of drug-likeness (QED) is 0.545. The van der Waals surface area contributed by atoms with Crippen LogP contribution in [-0.4, -0.2) is 24.0 Å². The SMILES string of the molecule is c1ccc(COc2ccc(-c3ccc4c(c3)CCC(N3CCCC3)C4)cc2)cc1. The molecule has 5 rings (SSSR count). The monoisotopic (exact) mass is 383 g/mol. The number of benzene rings is 3. The van der Waals surface area contributed by atoms with Crippen LogP contribution in [-0.2, 0) is 19.4 Å². The summed E-state index contributed by atoms with van der Waals surface area (Å²) in [7, 11) is 0. The van der Waals surface area contributed by atoms with Gasteiger partial charge in [0.25, 0.3) is 0 Å². The topological polar surface area (TPSA) is 12.5 Å². The van der Waals surface area contributed by atoms with E-state index < -0.39 is 0 Å². The fourth-order valence-corrected chi connectivity index (χ4v) is 4.82. The van der Waals surface area contributed by atoms with E-state index in [0.717, 1.165) is 11.8 Å². The van der Waals surface area contributed by atoms with Crippen LogP contribution in [0.25, 0.3) is 11.1 Å². The van der Waals surface area contributed by atoms with Gasteiger partial charge in [0.2, 0.25) is 0 Å². The Bertz CT molecular complexity index is 942. The number of ether oxygens (including phenoxy) is 1. The van der Waals surface area contributed by atoms with Crippen molar-refractivity contribution in [3.8, 4) is 16.9 Å². The Morgan fingerprint density at radius 3 is 2.34 bits per heavy atom. The first kappa shape index (κ1) is 18.4. The fraction of sp³-hybridized carbons (Fsp3) is 0.333. The third-order valence-corrected chi connectivity index (χ3v) is 6.50. The Morgan fingerprint density at radius 2 is 1.55 bits per heavy atom. The molecule has 1 atom stereocenters. The molecule has 3 aromatic rings. The summed E-state index contributed by atoms with van der Waals surface area (Å²) >= 11 is 0. The second-order valence-electron chi connectivity index (χ2n) is 8.42. The van der Waals surface area contributed by atoms with Crippen molar-refractivity contribution in [2.75, 3.05) is 13.1 Å². The minimum absolute atomic E-state index is 0.608. The van der Waals surface area contributed by atoms with E-state index in [1.807, 2.05) is 18.2 Å². The molecule has 0 spiro atoms. The predicted octanol–water partition coefficient (Wildman–Crippen LogP) is 5.89. The van der Waals surface area contributed by atoms with Gasteiger partial charge in [0, 0.05) is 6.04 Å². The van der Waals surface area contributed by atoms with Crippen molar-refractivity contribution in [1.29, 1.82) is 0 Å². The van der Waals surface area contributed by atoms with Crippen molar-refractivity contribution in [3.63, 3.8) is 0 Å². The summed E-state index contributed by atoms with van der Waals surface area (Å²) in [6, 6.07) is 26.7. The normalized spacial score (nSPS) is 19.1. The molecule has 1 heterocycles. The lowest BCUT2D eigenvalue weighted by Crippen LogP contribution is -2.37. The fourth-order valence-electron chi connectivity index (χ4n) is 4.82. The summed E-state index contributed by atoms with van der Waals surface area (Å²) in [6.45, 7) is 3.21. The molecule has 1 unspecified atom stereocenters. The van der Waals surface area contributed by atoms with Crippen LogP contribution in [0.4, 0.5) is 0 Å². The molecule has 0 bridgehead atoms. The molecule has 0 amide bonds. The number of hydrogen-bond acceptors (Lipinski definition) is 2. The number of rotatable bonds is 5. The minimum Gasteiger partial charge on any atom is -0.489 e. The maximum Gasteiger partial charge on any atom is 0.119 e. The zero-order valence-corrected chi connectivity index (χ0v) is 17.0. The molecule has 2 nitrogen and oxygen atoms in total. The molecule has 0 radical (unpaired) electrons. The second kappa shape index (κ2) is 8.42. The zero-order chi connectivity index (χ0) is 19.5. The lowest BCUT2D eigenvalue weighted by molar-refractivity contribution is 0.222. The first-order valence-corrected chi connectivity index (χ1v) is 11.0. The number of likely N-dealkylation sites (tertiary alicyclic amines) is 1. The zero-order valence-electron chi connectivity index (χ0n) is 17.0. The molecule has 148 valence electrons. The van der Waals surface area contributed by atoms with Gasteiger partial charge in [0.15, 0.2) is 0 Å². The van der Waals surface area contributed by atoms with Crippen LogP contribution in [0.3, 0.4) is 0 Å². The number of fused-ring (bicyclic) bond motifs is 1. The smallest absolute Gasteiger partial charge is 0.119 e. The Kier molecular flexibility index (Phi) is 5.36. The standard InChI is InChI=1S/C27H29NO/c1-2-6-21(7-3-1)20-29-27-14-11-22(12-15-27)23-8-9-25-19-26(13-10-24(25)18-23)28-16-4-5-17-28/h1-3,6-9,11-12,14-15,18,26H,4-5,10,13,16-17,19-20H2. The van der Waals surface area contributed by atoms with Gasteiger partial charge >= 0.3 is 0 Å². The van der Waals surface area contributed by atoms with Gasteiger partial charge < -0.3 is 9.64 Å². The van der Waals surface area contributed by atoms with Gasteiger partial charge in [-0.2, -0.15) is 0 Å². The Morgan fingerprint density at radius 1 is 0.793 bits per heavy atom. The highest BCUT2D eigenvalue weighted by Crippen LogP contribution is 2.31. The van der Waals surface area contributed by atoms with Crippen LogP contribution in [0.2, 0.25) is 0 Å². The molecule has 2 aliphatic rings. The van der Waals surface area contributed by atoms with E-state index in [-0.39, 0.29) is 0 Å². The lowest BCUT2D eigenvalue weighted by Gasteiger charge is -2.32. The van der Waals surface area contributed by atoms with Gasteiger partial charge in [-0.3, -0.25) is 0 Å². The lowest BCUT2D eigenvalue weighted by atomic mass is 9.85. The maximum atomic E-state index is 5.93. The average Bonchev–Trinajstić information content (AvgIpc) is 3.33. The van der Waals surface area contributed by atoms with E-state index in [1.54, 1.807) is 11.1 Å². The third-order valence-electron chi connectivity index (χ3n) is 6.50. The number of hydrogen-bond donors (Lipinski definition) is 0. The minimum atomic E-state index is 0.608. The van der Waals surface area contributed by atoms with E-state index >= 15 is 0 Å². The third kappa shape index (κ3) is 4.23. The first-order valence-electron chi connectivity index (χ1n) is 11.0. The average molecular weight is 384 g/mol. The van der Waals surface area contributed by atoms with Gasteiger partial charge in [0.1, 0.15) is 12.4 Å². The Balaban J connectivity index is 1.25. The van der Waals surface area contributed by atoms with Crippen LogP contribution in [0.15, 0.2) is 72.8 Å². The summed E-state index contributed by atoms with van der Waals surface area (Å²) in [6.07, 6.45) is 6.51. The van der Waals surface area contributed by atoms with Crippen molar-refractivity contribution in [1.82, 2.24) is 4.90 Å². The molecular formula is C27H29NO. The molecule has 1 fully saturated rings. The summed E-state index contributed by atoms with van der Waals surface area (Å²) in [5.74, 6) is 0.920. The molecule has 0 aromatic heterocycles. The van der Waals surface area contributed by atoms with Gasteiger partial charge in [-0.05, 0) is 85.1 Å². The molecule has 1 aliphatic carbocycles. The highest BCUT2D eigenvalue weighted by Gasteiger charge is 2.26. The molecule has 29 heavy (non-hydrogen) atoms. The van der Waals surface area contributed by atoms with Crippen LogP contribution in [0.1, 0.15) is 36.0 Å². The van der Waals surface area contributed by atoms with Crippen LogP contribution < -0.4 is 4.74 Å². The van der Waals surface area contributed by atoms with E-state index in [2.05, 4.69) is 59.5 Å². The van der Waals surface area contributed by atoms with Crippen molar-refractivity contribution in [2.45, 2.75) is 44.8 Å². The van der Waals surface area contributed by atoms with Crippen LogP contribution in [0.5, 0.6) is 5.75 Å². The van der Waals surface area contributed by atoms with E-state index in [0.29, 0.717) is 6.61 Å². The maximum absolute atomic E-state index is 5.93. The molecule has 1 aliphatic heterocycles. The van der Waals surface area contributed by atoms with Crippen molar-refractivity contribution < 1.29 is 4.74 Å². The molecule has 1 saturated heterocycles.